The van der Waals surface area contributed by atoms with Crippen LogP contribution >= 0.6 is 0 Å². The van der Waals surface area contributed by atoms with E-state index in [0.717, 1.165) is 50.5 Å². The van der Waals surface area contributed by atoms with Crippen molar-refractivity contribution < 1.29 is 13.2 Å². The zero-order valence-electron chi connectivity index (χ0n) is 22.1. The average Bonchev–Trinajstić information content (AvgIpc) is 3.84. The Morgan fingerprint density at radius 3 is 2.21 bits per heavy atom. The number of hydrogen-bond acceptors (Lipinski definition) is 6. The number of benzene rings is 1. The molecule has 5 fully saturated rings. The molecule has 0 unspecified atom stereocenters. The molecule has 5 aliphatic rings. The fourth-order valence-electron chi connectivity index (χ4n) is 6.24. The van der Waals surface area contributed by atoms with Crippen molar-refractivity contribution in [3.8, 4) is 0 Å². The van der Waals surface area contributed by atoms with Crippen molar-refractivity contribution in [2.75, 3.05) is 46.0 Å². The Morgan fingerprint density at radius 1 is 0.868 bits per heavy atom. The lowest BCUT2D eigenvalue weighted by Crippen LogP contribution is -2.36. The van der Waals surface area contributed by atoms with Gasteiger partial charge in [0.15, 0.2) is 0 Å². The lowest BCUT2D eigenvalue weighted by Gasteiger charge is -2.35. The second-order valence-electron chi connectivity index (χ2n) is 12.8. The van der Waals surface area contributed by atoms with Gasteiger partial charge < -0.3 is 15.1 Å². The van der Waals surface area contributed by atoms with Gasteiger partial charge in [-0.3, -0.25) is 9.52 Å². The Hall–Kier alpha value is -2.81. The summed E-state index contributed by atoms with van der Waals surface area (Å²) in [6.07, 6.45) is 10.0. The van der Waals surface area contributed by atoms with Gasteiger partial charge in [-0.05, 0) is 106 Å². The molecule has 2 saturated heterocycles. The van der Waals surface area contributed by atoms with Gasteiger partial charge in [0.05, 0.1) is 21.7 Å². The molecule has 9 heteroatoms. The third kappa shape index (κ3) is 4.42. The van der Waals surface area contributed by atoms with Crippen molar-refractivity contribution in [2.24, 2.45) is 10.8 Å². The predicted molar refractivity (Wildman–Crippen MR) is 150 cm³/mol. The molecule has 38 heavy (non-hydrogen) atoms. The fourth-order valence-corrected chi connectivity index (χ4v) is 7.56. The molecule has 2 spiro atoms. The highest BCUT2D eigenvalue weighted by atomic mass is 32.2. The first-order valence-electron chi connectivity index (χ1n) is 14.1. The second-order valence-corrected chi connectivity index (χ2v) is 15.0. The lowest BCUT2D eigenvalue weighted by atomic mass is 9.93. The van der Waals surface area contributed by atoms with Crippen LogP contribution in [0.25, 0.3) is 0 Å². The number of carbonyl (C=O) groups is 1. The van der Waals surface area contributed by atoms with E-state index in [0.29, 0.717) is 40.7 Å². The maximum Gasteiger partial charge on any atom is 0.258 e. The molecule has 2 aliphatic heterocycles. The number of aromatic nitrogens is 1. The van der Waals surface area contributed by atoms with Crippen LogP contribution in [-0.2, 0) is 10.0 Å². The van der Waals surface area contributed by atoms with Crippen molar-refractivity contribution in [3.63, 3.8) is 0 Å². The number of amides is 1. The van der Waals surface area contributed by atoms with Gasteiger partial charge in [0.25, 0.3) is 5.91 Å². The molecule has 2 aromatic rings. The van der Waals surface area contributed by atoms with Crippen LogP contribution in [-0.4, -0.2) is 50.2 Å². The van der Waals surface area contributed by atoms with Crippen LogP contribution in [0, 0.1) is 10.8 Å². The summed E-state index contributed by atoms with van der Waals surface area (Å²) in [5, 5.41) is 3.03. The molecule has 0 atom stereocenters. The smallest absolute Gasteiger partial charge is 0.258 e. The van der Waals surface area contributed by atoms with Gasteiger partial charge in [0, 0.05) is 26.2 Å². The van der Waals surface area contributed by atoms with Crippen LogP contribution in [0.1, 0.15) is 75.1 Å². The molecule has 1 aromatic heterocycles. The zero-order valence-corrected chi connectivity index (χ0v) is 22.9. The molecule has 3 heterocycles. The Bertz CT molecular complexity index is 1380. The fraction of sp³-hybridized carbons (Fsp3) is 0.586. The summed E-state index contributed by atoms with van der Waals surface area (Å²) >= 11 is 0. The number of carbonyl (C=O) groups excluding carboxylic acids is 1. The number of piperidine rings is 1. The number of nitrogens with one attached hydrogen (secondary N) is 2. The van der Waals surface area contributed by atoms with E-state index in [2.05, 4.69) is 19.8 Å². The van der Waals surface area contributed by atoms with E-state index in [-0.39, 0.29) is 5.91 Å². The van der Waals surface area contributed by atoms with Gasteiger partial charge in [-0.2, -0.15) is 0 Å². The number of sulfonamides is 1. The summed E-state index contributed by atoms with van der Waals surface area (Å²) in [4.78, 5) is 22.9. The molecule has 1 aromatic carbocycles. The first kappa shape index (κ1) is 24.2. The maximum absolute atomic E-state index is 13.6. The first-order valence-corrected chi connectivity index (χ1v) is 15.6. The van der Waals surface area contributed by atoms with Crippen molar-refractivity contribution in [2.45, 2.75) is 69.5 Å². The molecule has 1 amide bonds. The minimum absolute atomic E-state index is 0.222. The predicted octanol–water partition coefficient (Wildman–Crippen LogP) is 5.00. The van der Waals surface area contributed by atoms with Gasteiger partial charge >= 0.3 is 0 Å². The average molecular weight is 536 g/mol. The molecule has 3 saturated carbocycles. The van der Waals surface area contributed by atoms with Crippen LogP contribution < -0.4 is 19.8 Å². The standard InChI is InChI=1S/C29H37N5O3S/c1-27(7-8-27)38(36,37)32-21-5-6-22(23(19-21)33-16-13-28(9-10-28)14-17-33)26(35)31-24-3-2-4-25(30-24)34-18-15-29(20-34)11-12-29/h2-6,19,32H,7-18,20H2,1H3,(H,30,31,35). The van der Waals surface area contributed by atoms with Gasteiger partial charge in [-0.1, -0.05) is 6.07 Å². The Balaban J connectivity index is 1.14. The van der Waals surface area contributed by atoms with Gasteiger partial charge in [0.1, 0.15) is 11.6 Å². The highest BCUT2D eigenvalue weighted by Gasteiger charge is 2.50. The monoisotopic (exact) mass is 535 g/mol. The van der Waals surface area contributed by atoms with E-state index in [1.807, 2.05) is 24.3 Å². The molecule has 202 valence electrons. The highest BCUT2D eigenvalue weighted by Crippen LogP contribution is 2.54. The molecular weight excluding hydrogens is 498 g/mol. The number of rotatable bonds is 7. The molecular formula is C29H37N5O3S. The number of pyridine rings is 1. The van der Waals surface area contributed by atoms with Crippen molar-refractivity contribution >= 4 is 38.9 Å². The van der Waals surface area contributed by atoms with E-state index >= 15 is 0 Å². The van der Waals surface area contributed by atoms with Gasteiger partial charge in [-0.25, -0.2) is 13.4 Å². The summed E-state index contributed by atoms with van der Waals surface area (Å²) in [5.41, 5.74) is 2.84. The lowest BCUT2D eigenvalue weighted by molar-refractivity contribution is 0.102. The van der Waals surface area contributed by atoms with E-state index in [1.165, 1.54) is 32.1 Å². The summed E-state index contributed by atoms with van der Waals surface area (Å²) in [6.45, 7) is 5.60. The van der Waals surface area contributed by atoms with Crippen LogP contribution in [0.3, 0.4) is 0 Å². The Morgan fingerprint density at radius 2 is 1.55 bits per heavy atom. The van der Waals surface area contributed by atoms with Crippen molar-refractivity contribution in [1.82, 2.24) is 4.98 Å². The first-order chi connectivity index (χ1) is 18.2. The largest absolute Gasteiger partial charge is 0.371 e. The molecule has 3 aliphatic carbocycles. The van der Waals surface area contributed by atoms with Crippen LogP contribution in [0.2, 0.25) is 0 Å². The summed E-state index contributed by atoms with van der Waals surface area (Å²) in [5.74, 6) is 1.23. The van der Waals surface area contributed by atoms with Crippen molar-refractivity contribution in [1.29, 1.82) is 0 Å². The minimum Gasteiger partial charge on any atom is -0.371 e. The Kier molecular flexibility index (Phi) is 5.32. The van der Waals surface area contributed by atoms with Crippen molar-refractivity contribution in [3.05, 3.63) is 42.0 Å². The van der Waals surface area contributed by atoms with E-state index < -0.39 is 14.8 Å². The van der Waals surface area contributed by atoms with Crippen LogP contribution in [0.15, 0.2) is 36.4 Å². The molecule has 7 rings (SSSR count). The Labute approximate surface area is 225 Å². The molecule has 8 nitrogen and oxygen atoms in total. The summed E-state index contributed by atoms with van der Waals surface area (Å²) in [6, 6.07) is 11.1. The quantitative estimate of drug-likeness (QED) is 0.518. The second kappa shape index (κ2) is 8.34. The normalized spacial score (nSPS) is 23.9. The number of nitrogens with zero attached hydrogens (tertiary/aromatic N) is 3. The van der Waals surface area contributed by atoms with E-state index in [1.54, 1.807) is 19.1 Å². The van der Waals surface area contributed by atoms with Gasteiger partial charge in [-0.15, -0.1) is 0 Å². The van der Waals surface area contributed by atoms with E-state index in [9.17, 15) is 13.2 Å². The van der Waals surface area contributed by atoms with Crippen LogP contribution in [0.5, 0.6) is 0 Å². The molecule has 0 radical (unpaired) electrons. The third-order valence-corrected chi connectivity index (χ3v) is 12.1. The maximum atomic E-state index is 13.6. The summed E-state index contributed by atoms with van der Waals surface area (Å²) < 4.78 is 27.9. The molecule has 2 N–H and O–H groups in total. The number of hydrogen-bond donors (Lipinski definition) is 2. The molecule has 0 bridgehead atoms. The van der Waals surface area contributed by atoms with Gasteiger partial charge in [0.2, 0.25) is 10.0 Å². The third-order valence-electron chi connectivity index (χ3n) is 9.91. The van der Waals surface area contributed by atoms with E-state index in [4.69, 9.17) is 4.98 Å². The zero-order chi connectivity index (χ0) is 26.2. The number of anilines is 4. The summed E-state index contributed by atoms with van der Waals surface area (Å²) in [7, 11) is -3.48. The minimum atomic E-state index is -3.48. The van der Waals surface area contributed by atoms with Crippen LogP contribution in [0.4, 0.5) is 23.0 Å². The SMILES string of the molecule is CC1(S(=O)(=O)Nc2ccc(C(=O)Nc3cccc(N4CCC5(CC5)C4)n3)c(N3CCC4(CC3)CC4)c2)CC1. The highest BCUT2D eigenvalue weighted by molar-refractivity contribution is 7.94. The topological polar surface area (TPSA) is 94.6 Å².